The summed E-state index contributed by atoms with van der Waals surface area (Å²) in [6.45, 7) is 15.6. The molecule has 0 aromatic rings. The number of hydrogen-bond acceptors (Lipinski definition) is 1. The Morgan fingerprint density at radius 3 is 1.48 bits per heavy atom. The summed E-state index contributed by atoms with van der Waals surface area (Å²) in [4.78, 5) is 10.0. The molecule has 156 valence electrons. The largest absolute Gasteiger partial charge is 0.373 e. The molecule has 0 aliphatic rings. The first kappa shape index (κ1) is 26.8. The van der Waals surface area contributed by atoms with Gasteiger partial charge in [-0.3, -0.25) is 0 Å². The molecule has 1 unspecified atom stereocenters. The summed E-state index contributed by atoms with van der Waals surface area (Å²) in [6, 6.07) is 0. The fraction of sp³-hybridized carbons (Fsp3) is 0.667. The van der Waals surface area contributed by atoms with Crippen molar-refractivity contribution in [1.29, 1.82) is 0 Å². The first-order chi connectivity index (χ1) is 12.7. The van der Waals surface area contributed by atoms with Gasteiger partial charge in [-0.25, -0.2) is 0 Å². The average Bonchev–Trinajstić information content (AvgIpc) is 2.53. The highest BCUT2D eigenvalue weighted by atomic mass is 31.2. The van der Waals surface area contributed by atoms with Crippen LogP contribution >= 0.6 is 16.1 Å². The standard InChI is InChI=1S/C24H44OP2/c1-21(2)12-8-13-22(3)14-9-15-23(4)16-10-17-24(5)18-11-19-27(25)20-26(6)7/h12,14,16,18,25H,8-11,13,15,17,19-20H2,1-7H3/b22-14+,23-16+,24-18+. The molecule has 1 atom stereocenters. The number of hydrogen-bond donors (Lipinski definition) is 1. The van der Waals surface area contributed by atoms with E-state index in [-0.39, 0.29) is 7.92 Å². The topological polar surface area (TPSA) is 20.2 Å². The number of rotatable bonds is 14. The highest BCUT2D eigenvalue weighted by molar-refractivity contribution is 7.71. The minimum absolute atomic E-state index is 0.0396. The quantitative estimate of drug-likeness (QED) is 0.224. The molecule has 0 spiro atoms. The van der Waals surface area contributed by atoms with Gasteiger partial charge in [0, 0.05) is 14.1 Å². The fourth-order valence-electron chi connectivity index (χ4n) is 2.84. The second-order valence-corrected chi connectivity index (χ2v) is 13.0. The van der Waals surface area contributed by atoms with Crippen LogP contribution in [0.1, 0.15) is 79.6 Å². The molecule has 0 bridgehead atoms. The summed E-state index contributed by atoms with van der Waals surface area (Å²) in [6.07, 6.45) is 18.5. The maximum absolute atomic E-state index is 10.0. The van der Waals surface area contributed by atoms with Gasteiger partial charge in [-0.15, -0.1) is 7.92 Å². The summed E-state index contributed by atoms with van der Waals surface area (Å²) in [5.41, 5.74) is 5.91. The third-order valence-corrected chi connectivity index (χ3v) is 8.82. The molecule has 0 aromatic heterocycles. The third-order valence-electron chi connectivity index (χ3n) is 4.48. The molecule has 0 amide bonds. The summed E-state index contributed by atoms with van der Waals surface area (Å²) in [5.74, 6) is 1.04. The van der Waals surface area contributed by atoms with Gasteiger partial charge >= 0.3 is 0 Å². The van der Waals surface area contributed by atoms with Gasteiger partial charge in [0.1, 0.15) is 0 Å². The summed E-state index contributed by atoms with van der Waals surface area (Å²) >= 11 is 0. The van der Waals surface area contributed by atoms with Crippen LogP contribution in [0.3, 0.4) is 0 Å². The lowest BCUT2D eigenvalue weighted by Crippen LogP contribution is -1.87. The Hall–Kier alpha value is -0.220. The van der Waals surface area contributed by atoms with Gasteiger partial charge in [-0.05, 0) is 99.1 Å². The molecular formula is C24H44OP2. The zero-order valence-corrected chi connectivity index (χ0v) is 20.8. The van der Waals surface area contributed by atoms with E-state index in [1.54, 1.807) is 0 Å². The maximum Gasteiger partial charge on any atom is 0.0298 e. The van der Waals surface area contributed by atoms with Crippen molar-refractivity contribution in [2.45, 2.75) is 79.6 Å². The average molecular weight is 411 g/mol. The van der Waals surface area contributed by atoms with Crippen LogP contribution in [-0.4, -0.2) is 30.3 Å². The SMILES string of the molecule is CC(C)=CCC/C(C)=C/CC/C(C)=C/CC/C(C)=C/CCP(O)CP(C)C. The second kappa shape index (κ2) is 16.7. The zero-order chi connectivity index (χ0) is 20.7. The van der Waals surface area contributed by atoms with Crippen molar-refractivity contribution in [2.24, 2.45) is 0 Å². The number of allylic oxidation sites excluding steroid dienone is 8. The fourth-order valence-corrected chi connectivity index (χ4v) is 6.45. The summed E-state index contributed by atoms with van der Waals surface area (Å²) in [5, 5.41) is 0. The molecule has 0 aromatic carbocycles. The van der Waals surface area contributed by atoms with Crippen LogP contribution in [0.15, 0.2) is 46.6 Å². The van der Waals surface area contributed by atoms with Crippen LogP contribution in [0.4, 0.5) is 0 Å². The van der Waals surface area contributed by atoms with E-state index < -0.39 is 8.15 Å². The molecule has 0 saturated carbocycles. The van der Waals surface area contributed by atoms with E-state index in [0.29, 0.717) is 0 Å². The maximum atomic E-state index is 10.0. The molecule has 0 aliphatic carbocycles. The Bertz CT molecular complexity index is 508. The Kier molecular flexibility index (Phi) is 16.6. The van der Waals surface area contributed by atoms with E-state index in [9.17, 15) is 4.89 Å². The van der Waals surface area contributed by atoms with Gasteiger partial charge in [-0.2, -0.15) is 0 Å². The minimum atomic E-state index is -0.730. The molecular weight excluding hydrogens is 366 g/mol. The molecule has 0 radical (unpaired) electrons. The normalized spacial score (nSPS) is 14.6. The predicted octanol–water partition coefficient (Wildman–Crippen LogP) is 8.61. The van der Waals surface area contributed by atoms with E-state index in [1.165, 1.54) is 41.6 Å². The van der Waals surface area contributed by atoms with Crippen LogP contribution in [0.2, 0.25) is 0 Å². The first-order valence-corrected chi connectivity index (χ1v) is 14.5. The van der Waals surface area contributed by atoms with Crippen LogP contribution in [0, 0.1) is 0 Å². The van der Waals surface area contributed by atoms with Crippen LogP contribution < -0.4 is 0 Å². The third kappa shape index (κ3) is 18.9. The second-order valence-electron chi connectivity index (χ2n) is 8.29. The van der Waals surface area contributed by atoms with Gasteiger partial charge in [0.15, 0.2) is 0 Å². The van der Waals surface area contributed by atoms with E-state index >= 15 is 0 Å². The molecule has 3 heteroatoms. The van der Waals surface area contributed by atoms with Crippen molar-refractivity contribution in [3.63, 3.8) is 0 Å². The molecule has 0 fully saturated rings. The van der Waals surface area contributed by atoms with Crippen molar-refractivity contribution in [3.05, 3.63) is 46.6 Å². The molecule has 27 heavy (non-hydrogen) atoms. The van der Waals surface area contributed by atoms with Crippen molar-refractivity contribution in [1.82, 2.24) is 0 Å². The van der Waals surface area contributed by atoms with Crippen LogP contribution in [0.25, 0.3) is 0 Å². The smallest absolute Gasteiger partial charge is 0.0298 e. The van der Waals surface area contributed by atoms with E-state index in [1.807, 2.05) is 0 Å². The Labute approximate surface area is 172 Å². The zero-order valence-electron chi connectivity index (χ0n) is 19.0. The van der Waals surface area contributed by atoms with Gasteiger partial charge in [0.25, 0.3) is 0 Å². The van der Waals surface area contributed by atoms with E-state index in [4.69, 9.17) is 0 Å². The highest BCUT2D eigenvalue weighted by Crippen LogP contribution is 2.43. The molecule has 0 heterocycles. The summed E-state index contributed by atoms with van der Waals surface area (Å²) in [7, 11) is -0.691. The molecule has 0 rings (SSSR count). The van der Waals surface area contributed by atoms with Crippen molar-refractivity contribution < 1.29 is 4.89 Å². The molecule has 1 nitrogen and oxygen atoms in total. The van der Waals surface area contributed by atoms with Crippen molar-refractivity contribution >= 4 is 16.1 Å². The Morgan fingerprint density at radius 2 is 1.07 bits per heavy atom. The van der Waals surface area contributed by atoms with Crippen molar-refractivity contribution in [3.8, 4) is 0 Å². The predicted molar refractivity (Wildman–Crippen MR) is 131 cm³/mol. The molecule has 1 N–H and O–H groups in total. The van der Waals surface area contributed by atoms with Crippen molar-refractivity contribution in [2.75, 3.05) is 25.4 Å². The summed E-state index contributed by atoms with van der Waals surface area (Å²) < 4.78 is 0. The Morgan fingerprint density at radius 1 is 0.667 bits per heavy atom. The van der Waals surface area contributed by atoms with Crippen LogP contribution in [0.5, 0.6) is 0 Å². The Balaban J connectivity index is 4.00. The lowest BCUT2D eigenvalue weighted by Gasteiger charge is -2.12. The first-order valence-electron chi connectivity index (χ1n) is 10.4. The lowest BCUT2D eigenvalue weighted by molar-refractivity contribution is 0.628. The minimum Gasteiger partial charge on any atom is -0.373 e. The van der Waals surface area contributed by atoms with Crippen LogP contribution in [-0.2, 0) is 0 Å². The lowest BCUT2D eigenvalue weighted by atomic mass is 10.0. The van der Waals surface area contributed by atoms with Gasteiger partial charge in [-0.1, -0.05) is 46.6 Å². The van der Waals surface area contributed by atoms with Gasteiger partial charge in [0.05, 0.1) is 0 Å². The monoisotopic (exact) mass is 410 g/mol. The molecule has 0 saturated heterocycles. The molecule has 0 aliphatic heterocycles. The van der Waals surface area contributed by atoms with E-state index in [2.05, 4.69) is 72.3 Å². The van der Waals surface area contributed by atoms with Gasteiger partial charge < -0.3 is 4.89 Å². The highest BCUT2D eigenvalue weighted by Gasteiger charge is 2.05. The van der Waals surface area contributed by atoms with E-state index in [0.717, 1.165) is 37.7 Å². The van der Waals surface area contributed by atoms with Gasteiger partial charge in [0.2, 0.25) is 0 Å².